The number of rotatable bonds is 4. The number of hydrogen-bond acceptors (Lipinski definition) is 4. The number of methoxy groups -OCH3 is 1. The van der Waals surface area contributed by atoms with Crippen molar-refractivity contribution in [2.45, 2.75) is 18.8 Å². The fourth-order valence-electron chi connectivity index (χ4n) is 4.14. The van der Waals surface area contributed by atoms with E-state index in [4.69, 9.17) is 4.74 Å². The summed E-state index contributed by atoms with van der Waals surface area (Å²) in [5.74, 6) is 1.25. The number of aromatic nitrogens is 1. The molecule has 144 valence electrons. The number of nitrogens with one attached hydrogen (secondary N) is 1. The van der Waals surface area contributed by atoms with E-state index in [0.717, 1.165) is 52.6 Å². The Hall–Kier alpha value is -3.47. The third-order valence-corrected chi connectivity index (χ3v) is 5.70. The maximum atomic E-state index is 12.9. The number of pyridine rings is 1. The first-order valence-electron chi connectivity index (χ1n) is 9.79. The third-order valence-electron chi connectivity index (χ3n) is 5.70. The predicted octanol–water partition coefficient (Wildman–Crippen LogP) is 4.38. The van der Waals surface area contributed by atoms with Gasteiger partial charge >= 0.3 is 0 Å². The number of nitrogens with zero attached hydrogens (tertiary/aromatic N) is 2. The lowest BCUT2D eigenvalue weighted by molar-refractivity contribution is -0.117. The van der Waals surface area contributed by atoms with Gasteiger partial charge in [0.05, 0.1) is 19.6 Å². The minimum Gasteiger partial charge on any atom is -0.497 e. The van der Waals surface area contributed by atoms with E-state index in [9.17, 15) is 4.79 Å². The van der Waals surface area contributed by atoms with Crippen molar-refractivity contribution < 1.29 is 9.53 Å². The van der Waals surface area contributed by atoms with Gasteiger partial charge in [-0.25, -0.2) is 4.98 Å². The highest BCUT2D eigenvalue weighted by molar-refractivity contribution is 6.12. The number of aliphatic imine (C=N–C) groups is 1. The molecule has 1 aromatic heterocycles. The summed E-state index contributed by atoms with van der Waals surface area (Å²) < 4.78 is 5.30. The predicted molar refractivity (Wildman–Crippen MR) is 116 cm³/mol. The van der Waals surface area contributed by atoms with Crippen LogP contribution in [-0.4, -0.2) is 30.8 Å². The average molecular weight is 383 g/mol. The van der Waals surface area contributed by atoms with Crippen molar-refractivity contribution in [1.82, 2.24) is 4.98 Å². The van der Waals surface area contributed by atoms with E-state index in [2.05, 4.69) is 39.6 Å². The van der Waals surface area contributed by atoms with Crippen LogP contribution in [0.15, 0.2) is 59.7 Å². The number of anilines is 1. The van der Waals surface area contributed by atoms with E-state index < -0.39 is 0 Å². The van der Waals surface area contributed by atoms with Crippen molar-refractivity contribution >= 4 is 34.3 Å². The molecule has 1 N–H and O–H groups in total. The maximum Gasteiger partial charge on any atom is 0.233 e. The van der Waals surface area contributed by atoms with Crippen LogP contribution in [-0.2, 0) is 11.2 Å². The summed E-state index contributed by atoms with van der Waals surface area (Å²) in [7, 11) is 1.66. The monoisotopic (exact) mass is 383 g/mol. The number of ether oxygens (including phenoxy) is 1. The zero-order chi connectivity index (χ0) is 19.8. The third kappa shape index (κ3) is 3.29. The zero-order valence-corrected chi connectivity index (χ0v) is 16.2. The summed E-state index contributed by atoms with van der Waals surface area (Å²) in [6, 6.07) is 14.1. The molecule has 1 unspecified atom stereocenters. The first-order valence-corrected chi connectivity index (χ1v) is 9.79. The topological polar surface area (TPSA) is 63.6 Å². The summed E-state index contributed by atoms with van der Waals surface area (Å²) in [6.45, 7) is 0.736. The van der Waals surface area contributed by atoms with Gasteiger partial charge in [0.25, 0.3) is 0 Å². The van der Waals surface area contributed by atoms with Gasteiger partial charge < -0.3 is 10.1 Å². The number of aryl methyl sites for hydroxylation is 1. The molecule has 2 aliphatic rings. The van der Waals surface area contributed by atoms with Crippen molar-refractivity contribution in [2.24, 2.45) is 4.99 Å². The number of fused-ring (bicyclic) bond motifs is 2. The Kier molecular flexibility index (Phi) is 4.35. The van der Waals surface area contributed by atoms with Crippen LogP contribution in [0.3, 0.4) is 0 Å². The van der Waals surface area contributed by atoms with E-state index in [1.165, 1.54) is 5.56 Å². The second-order valence-corrected chi connectivity index (χ2v) is 7.43. The van der Waals surface area contributed by atoms with Crippen LogP contribution >= 0.6 is 0 Å². The van der Waals surface area contributed by atoms with Gasteiger partial charge in [0.2, 0.25) is 5.91 Å². The highest BCUT2D eigenvalue weighted by Gasteiger charge is 2.29. The number of benzene rings is 2. The minimum atomic E-state index is -0.153. The lowest BCUT2D eigenvalue weighted by Gasteiger charge is -2.13. The molecular formula is C24H21N3O2. The highest BCUT2D eigenvalue weighted by Crippen LogP contribution is 2.36. The molecule has 29 heavy (non-hydrogen) atoms. The van der Waals surface area contributed by atoms with E-state index in [0.29, 0.717) is 5.82 Å². The first-order chi connectivity index (χ1) is 14.2. The van der Waals surface area contributed by atoms with Crippen LogP contribution in [0.4, 0.5) is 5.82 Å². The van der Waals surface area contributed by atoms with Gasteiger partial charge in [-0.05, 0) is 64.8 Å². The quantitative estimate of drug-likeness (QED) is 0.727. The fraction of sp³-hybridized carbons (Fsp3) is 0.208. The molecule has 0 bridgehead atoms. The number of allylic oxidation sites excluding steroid dienone is 1. The molecule has 0 fully saturated rings. The smallest absolute Gasteiger partial charge is 0.233 e. The Morgan fingerprint density at radius 1 is 1.14 bits per heavy atom. The van der Waals surface area contributed by atoms with Gasteiger partial charge in [-0.1, -0.05) is 24.3 Å². The van der Waals surface area contributed by atoms with Crippen molar-refractivity contribution in [3.05, 3.63) is 71.4 Å². The van der Waals surface area contributed by atoms with Gasteiger partial charge in [-0.15, -0.1) is 0 Å². The van der Waals surface area contributed by atoms with E-state index in [1.54, 1.807) is 13.3 Å². The molecule has 0 radical (unpaired) electrons. The van der Waals surface area contributed by atoms with Crippen molar-refractivity contribution in [3.8, 4) is 5.75 Å². The summed E-state index contributed by atoms with van der Waals surface area (Å²) in [5.41, 5.74) is 4.53. The summed E-state index contributed by atoms with van der Waals surface area (Å²) in [4.78, 5) is 21.6. The van der Waals surface area contributed by atoms with Crippen LogP contribution in [0.1, 0.15) is 29.0 Å². The fourth-order valence-corrected chi connectivity index (χ4v) is 4.14. The van der Waals surface area contributed by atoms with Crippen LogP contribution in [0.5, 0.6) is 5.75 Å². The Morgan fingerprint density at radius 3 is 2.90 bits per heavy atom. The zero-order valence-electron chi connectivity index (χ0n) is 16.2. The Balaban J connectivity index is 1.39. The van der Waals surface area contributed by atoms with E-state index in [-0.39, 0.29) is 11.8 Å². The van der Waals surface area contributed by atoms with Gasteiger partial charge in [0.15, 0.2) is 0 Å². The molecule has 0 saturated heterocycles. The van der Waals surface area contributed by atoms with Gasteiger partial charge in [-0.3, -0.25) is 9.79 Å². The molecule has 3 aromatic rings. The second kappa shape index (κ2) is 7.17. The largest absolute Gasteiger partial charge is 0.497 e. The molecule has 1 amide bonds. The number of amides is 1. The van der Waals surface area contributed by atoms with Crippen LogP contribution < -0.4 is 10.1 Å². The van der Waals surface area contributed by atoms with E-state index >= 15 is 0 Å². The summed E-state index contributed by atoms with van der Waals surface area (Å²) in [6.07, 6.45) is 7.50. The highest BCUT2D eigenvalue weighted by atomic mass is 16.5. The average Bonchev–Trinajstić information content (AvgIpc) is 3.42. The Labute approximate surface area is 169 Å². The van der Waals surface area contributed by atoms with Crippen LogP contribution in [0.2, 0.25) is 0 Å². The Bertz CT molecular complexity index is 1180. The molecule has 5 heteroatoms. The lowest BCUT2D eigenvalue weighted by atomic mass is 10.00. The molecule has 5 rings (SSSR count). The SMILES string of the molecule is COc1ccc2c(c1)CCC2C(=O)Nc1cc2cc(C3=CCN=C3)ccc2cn1. The lowest BCUT2D eigenvalue weighted by Crippen LogP contribution is -2.20. The molecule has 2 aromatic carbocycles. The molecule has 5 nitrogen and oxygen atoms in total. The number of hydrogen-bond donors (Lipinski definition) is 1. The Morgan fingerprint density at radius 2 is 2.07 bits per heavy atom. The first kappa shape index (κ1) is 17.6. The van der Waals surface area contributed by atoms with Crippen molar-refractivity contribution in [1.29, 1.82) is 0 Å². The standard InChI is InChI=1S/C24H21N3O2/c1-29-20-5-7-21-16(11-20)4-6-22(21)24(28)27-23-12-19-10-15(18-8-9-25-13-18)2-3-17(19)14-26-23/h2-3,5,7-8,10-14,22H,4,6,9H2,1H3,(H,26,27,28). The van der Waals surface area contributed by atoms with E-state index in [1.807, 2.05) is 30.5 Å². The molecule has 1 atom stereocenters. The van der Waals surface area contributed by atoms with Crippen molar-refractivity contribution in [2.75, 3.05) is 19.0 Å². The van der Waals surface area contributed by atoms with Crippen LogP contribution in [0.25, 0.3) is 16.3 Å². The molecule has 0 saturated carbocycles. The normalized spacial score (nSPS) is 17.3. The molecule has 0 spiro atoms. The minimum absolute atomic E-state index is 0.0115. The van der Waals surface area contributed by atoms with Crippen molar-refractivity contribution in [3.63, 3.8) is 0 Å². The van der Waals surface area contributed by atoms with Gasteiger partial charge in [-0.2, -0.15) is 0 Å². The summed E-state index contributed by atoms with van der Waals surface area (Å²) in [5, 5.41) is 5.10. The maximum absolute atomic E-state index is 12.9. The number of carbonyl (C=O) groups excluding carboxylic acids is 1. The number of carbonyl (C=O) groups is 1. The molecular weight excluding hydrogens is 362 g/mol. The summed E-state index contributed by atoms with van der Waals surface area (Å²) >= 11 is 0. The molecule has 1 aliphatic heterocycles. The van der Waals surface area contributed by atoms with Crippen LogP contribution in [0, 0.1) is 0 Å². The van der Waals surface area contributed by atoms with Gasteiger partial charge in [0, 0.05) is 17.8 Å². The molecule has 2 heterocycles. The second-order valence-electron chi connectivity index (χ2n) is 7.43. The molecule has 1 aliphatic carbocycles. The van der Waals surface area contributed by atoms with Gasteiger partial charge in [0.1, 0.15) is 11.6 Å².